The van der Waals surface area contributed by atoms with E-state index in [1.54, 1.807) is 24.8 Å². The molecule has 0 fully saturated rings. The van der Waals surface area contributed by atoms with Gasteiger partial charge in [0.1, 0.15) is 13.5 Å². The van der Waals surface area contributed by atoms with Gasteiger partial charge in [0, 0.05) is 65.3 Å². The van der Waals surface area contributed by atoms with Crippen LogP contribution in [0.15, 0.2) is 72.5 Å². The van der Waals surface area contributed by atoms with Gasteiger partial charge in [-0.05, 0) is 52.3 Å². The summed E-state index contributed by atoms with van der Waals surface area (Å²) in [5.74, 6) is 0. The van der Waals surface area contributed by atoms with E-state index in [9.17, 15) is 0 Å². The lowest BCUT2D eigenvalue weighted by Crippen LogP contribution is -2.22. The molecule has 0 aromatic carbocycles. The summed E-state index contributed by atoms with van der Waals surface area (Å²) in [6.07, 6.45) is 12.7. The van der Waals surface area contributed by atoms with Gasteiger partial charge in [-0.25, -0.2) is 9.97 Å². The molecule has 0 aliphatic heterocycles. The number of imidazole rings is 2. The molecule has 8 nitrogen and oxygen atoms in total. The summed E-state index contributed by atoms with van der Waals surface area (Å²) in [7, 11) is -2.06. The second-order valence-electron chi connectivity index (χ2n) is 11.8. The molecule has 4 aromatic heterocycles. The van der Waals surface area contributed by atoms with E-state index in [2.05, 4.69) is 75.1 Å². The van der Waals surface area contributed by atoms with Gasteiger partial charge in [-0.2, -0.15) is 0 Å². The van der Waals surface area contributed by atoms with Crippen LogP contribution in [0.25, 0.3) is 22.5 Å². The van der Waals surface area contributed by atoms with E-state index >= 15 is 0 Å². The second kappa shape index (κ2) is 14.8. The highest BCUT2D eigenvalue weighted by atomic mass is 79.9. The Morgan fingerprint density at radius 1 is 0.692 bits per heavy atom. The maximum absolute atomic E-state index is 5.81. The number of pyridine rings is 2. The molecule has 0 saturated heterocycles. The molecule has 4 aromatic rings. The van der Waals surface area contributed by atoms with Crippen LogP contribution in [0.2, 0.25) is 51.4 Å². The van der Waals surface area contributed by atoms with Gasteiger partial charge in [0.25, 0.3) is 0 Å². The van der Waals surface area contributed by atoms with Crippen molar-refractivity contribution >= 4 is 32.1 Å². The molecular formula is C28H41BrN6O2Si2. The summed E-state index contributed by atoms with van der Waals surface area (Å²) in [4.78, 5) is 16.6. The van der Waals surface area contributed by atoms with Crippen molar-refractivity contribution in [2.75, 3.05) is 13.2 Å². The van der Waals surface area contributed by atoms with E-state index in [4.69, 9.17) is 9.47 Å². The molecule has 0 spiro atoms. The number of ether oxygens (including phenoxy) is 2. The first-order valence-electron chi connectivity index (χ1n) is 13.2. The van der Waals surface area contributed by atoms with E-state index in [-0.39, 0.29) is 0 Å². The molecule has 4 rings (SSSR count). The van der Waals surface area contributed by atoms with Crippen LogP contribution in [-0.4, -0.2) is 58.4 Å². The second-order valence-corrected chi connectivity index (χ2v) is 23.7. The minimum Gasteiger partial charge on any atom is -0.361 e. The van der Waals surface area contributed by atoms with E-state index in [1.807, 2.05) is 52.1 Å². The Morgan fingerprint density at radius 3 is 1.74 bits per heavy atom. The molecule has 0 bridgehead atoms. The number of nitrogens with zero attached hydrogens (tertiary/aromatic N) is 6. The van der Waals surface area contributed by atoms with Crippen molar-refractivity contribution in [1.29, 1.82) is 0 Å². The van der Waals surface area contributed by atoms with Crippen molar-refractivity contribution in [3.8, 4) is 22.5 Å². The predicted molar refractivity (Wildman–Crippen MR) is 167 cm³/mol. The van der Waals surface area contributed by atoms with Gasteiger partial charge >= 0.3 is 0 Å². The fraction of sp³-hybridized carbons (Fsp3) is 0.429. The van der Waals surface area contributed by atoms with E-state index in [0.29, 0.717) is 13.5 Å². The largest absolute Gasteiger partial charge is 0.361 e. The van der Waals surface area contributed by atoms with Gasteiger partial charge in [-0.15, -0.1) is 0 Å². The lowest BCUT2D eigenvalue weighted by Gasteiger charge is -2.16. The Balaban J connectivity index is 0.000000216. The Labute approximate surface area is 243 Å². The molecule has 0 aliphatic carbocycles. The zero-order chi connectivity index (χ0) is 28.3. The first-order valence-corrected chi connectivity index (χ1v) is 21.4. The zero-order valence-electron chi connectivity index (χ0n) is 24.0. The third-order valence-electron chi connectivity index (χ3n) is 5.91. The molecule has 0 N–H and O–H groups in total. The third kappa shape index (κ3) is 10.9. The van der Waals surface area contributed by atoms with Gasteiger partial charge in [-0.3, -0.25) is 14.5 Å². The third-order valence-corrected chi connectivity index (χ3v) is 9.96. The number of hydrogen-bond acceptors (Lipinski definition) is 6. The van der Waals surface area contributed by atoms with Crippen LogP contribution in [0.5, 0.6) is 0 Å². The summed E-state index contributed by atoms with van der Waals surface area (Å²) < 4.78 is 16.4. The number of rotatable bonds is 12. The summed E-state index contributed by atoms with van der Waals surface area (Å²) in [5.41, 5.74) is 4.30. The molecule has 0 unspecified atom stereocenters. The Hall–Kier alpha value is -2.45. The van der Waals surface area contributed by atoms with Crippen molar-refractivity contribution in [2.24, 2.45) is 0 Å². The summed E-state index contributed by atoms with van der Waals surface area (Å²) in [6, 6.07) is 10.3. The lowest BCUT2D eigenvalue weighted by molar-refractivity contribution is 0.0867. The highest BCUT2D eigenvalue weighted by molar-refractivity contribution is 9.10. The first kappa shape index (κ1) is 31.1. The first-order chi connectivity index (χ1) is 18.5. The predicted octanol–water partition coefficient (Wildman–Crippen LogP) is 7.28. The van der Waals surface area contributed by atoms with E-state index < -0.39 is 16.1 Å². The molecule has 0 radical (unpaired) electrons. The van der Waals surface area contributed by atoms with Gasteiger partial charge in [-0.1, -0.05) is 39.3 Å². The van der Waals surface area contributed by atoms with Crippen LogP contribution in [-0.2, 0) is 22.9 Å². The lowest BCUT2D eigenvalue weighted by atomic mass is 10.2. The van der Waals surface area contributed by atoms with Crippen LogP contribution in [0.4, 0.5) is 0 Å². The fourth-order valence-corrected chi connectivity index (χ4v) is 5.40. The number of hydrogen-bond donors (Lipinski definition) is 0. The quantitative estimate of drug-likeness (QED) is 0.121. The van der Waals surface area contributed by atoms with Crippen molar-refractivity contribution in [1.82, 2.24) is 29.1 Å². The standard InChI is InChI=1S/C14H20BrN3OSi.C14H21N3OSi/c1-20(2,3)9-8-19-11-18-13(10-17-14(18)15)12-4-6-16-7-5-12;1-19(2,3)9-8-18-12-17-11-16-10-14(17)13-4-6-15-7-5-13/h4-7,10H,8-9,11H2,1-3H3;4-7,10-11H,8-9,12H2,1-3H3. The number of halogens is 1. The fourth-order valence-electron chi connectivity index (χ4n) is 3.49. The highest BCUT2D eigenvalue weighted by Crippen LogP contribution is 2.23. The average molecular weight is 630 g/mol. The molecular weight excluding hydrogens is 588 g/mol. The van der Waals surface area contributed by atoms with E-state index in [1.165, 1.54) is 12.1 Å². The molecule has 210 valence electrons. The van der Waals surface area contributed by atoms with Gasteiger partial charge in [0.05, 0.1) is 30.1 Å². The summed E-state index contributed by atoms with van der Waals surface area (Å²) in [5, 5.41) is 0. The monoisotopic (exact) mass is 628 g/mol. The highest BCUT2D eigenvalue weighted by Gasteiger charge is 2.14. The SMILES string of the molecule is C[Si](C)(C)CCOCn1c(-c2ccncc2)cnc1Br.C[Si](C)(C)CCOCn1cncc1-c1ccncc1. The minimum absolute atomic E-state index is 0.517. The Kier molecular flexibility index (Phi) is 11.8. The van der Waals surface area contributed by atoms with Crippen molar-refractivity contribution in [3.05, 3.63) is 72.5 Å². The van der Waals surface area contributed by atoms with Crippen LogP contribution >= 0.6 is 15.9 Å². The van der Waals surface area contributed by atoms with Gasteiger partial charge in [0.2, 0.25) is 0 Å². The van der Waals surface area contributed by atoms with Crippen LogP contribution in [0.1, 0.15) is 0 Å². The topological polar surface area (TPSA) is 79.9 Å². The maximum atomic E-state index is 5.81. The van der Waals surface area contributed by atoms with Crippen molar-refractivity contribution < 1.29 is 9.47 Å². The van der Waals surface area contributed by atoms with E-state index in [0.717, 1.165) is 40.5 Å². The molecule has 0 saturated carbocycles. The molecule has 0 amide bonds. The normalized spacial score (nSPS) is 11.8. The molecule has 11 heteroatoms. The van der Waals surface area contributed by atoms with Gasteiger partial charge in [0.15, 0.2) is 4.73 Å². The van der Waals surface area contributed by atoms with Crippen molar-refractivity contribution in [3.63, 3.8) is 0 Å². The minimum atomic E-state index is -1.04. The Morgan fingerprint density at radius 2 is 1.21 bits per heavy atom. The van der Waals surface area contributed by atoms with Crippen LogP contribution in [0, 0.1) is 0 Å². The summed E-state index contributed by atoms with van der Waals surface area (Å²) in [6.45, 7) is 16.8. The molecule has 0 atom stereocenters. The zero-order valence-corrected chi connectivity index (χ0v) is 27.6. The van der Waals surface area contributed by atoms with Crippen LogP contribution < -0.4 is 0 Å². The molecule has 39 heavy (non-hydrogen) atoms. The molecule has 0 aliphatic rings. The van der Waals surface area contributed by atoms with Crippen LogP contribution in [0.3, 0.4) is 0 Å². The molecule has 4 heterocycles. The summed E-state index contributed by atoms with van der Waals surface area (Å²) >= 11 is 3.47. The van der Waals surface area contributed by atoms with Gasteiger partial charge < -0.3 is 14.0 Å². The average Bonchev–Trinajstić information content (AvgIpc) is 3.51. The number of aromatic nitrogens is 6. The van der Waals surface area contributed by atoms with Crippen molar-refractivity contribution in [2.45, 2.75) is 64.8 Å². The smallest absolute Gasteiger partial charge is 0.179 e. The Bertz CT molecular complexity index is 1250. The maximum Gasteiger partial charge on any atom is 0.179 e.